The first-order valence-electron chi connectivity index (χ1n) is 6.05. The van der Waals surface area contributed by atoms with Crippen LogP contribution < -0.4 is 0 Å². The predicted octanol–water partition coefficient (Wildman–Crippen LogP) is 3.79. The highest BCUT2D eigenvalue weighted by Crippen LogP contribution is 2.30. The third-order valence-electron chi connectivity index (χ3n) is 3.46. The molecule has 0 fully saturated rings. The van der Waals surface area contributed by atoms with Crippen molar-refractivity contribution in [3.05, 3.63) is 41.2 Å². The molecule has 0 radical (unpaired) electrons. The molecule has 3 heteroatoms. The summed E-state index contributed by atoms with van der Waals surface area (Å²) in [5, 5.41) is 0.777. The van der Waals surface area contributed by atoms with Gasteiger partial charge in [0, 0.05) is 24.0 Å². The summed E-state index contributed by atoms with van der Waals surface area (Å²) >= 11 is 6.23. The van der Waals surface area contributed by atoms with E-state index in [0.717, 1.165) is 35.3 Å². The van der Waals surface area contributed by atoms with Gasteiger partial charge in [-0.2, -0.15) is 0 Å². The molecule has 88 valence electrons. The molecule has 0 aliphatic carbocycles. The molecule has 0 saturated heterocycles. The van der Waals surface area contributed by atoms with Crippen molar-refractivity contribution in [3.63, 3.8) is 0 Å². The molecule has 0 saturated carbocycles. The van der Waals surface area contributed by atoms with Gasteiger partial charge in [0.2, 0.25) is 0 Å². The standard InChI is InChI=1S/C14H15ClN2/c1-10-6-7-17-11(8-10)9-16-14(17)12-4-2-3-5-13(12)15/h2-5,9-10H,6-8H2,1H3. The summed E-state index contributed by atoms with van der Waals surface area (Å²) in [6.45, 7) is 3.35. The zero-order valence-corrected chi connectivity index (χ0v) is 10.6. The highest BCUT2D eigenvalue weighted by atomic mass is 35.5. The van der Waals surface area contributed by atoms with Crippen molar-refractivity contribution in [2.45, 2.75) is 26.3 Å². The average molecular weight is 247 g/mol. The first-order chi connectivity index (χ1) is 8.25. The largest absolute Gasteiger partial charge is 0.328 e. The number of rotatable bonds is 1. The van der Waals surface area contributed by atoms with Gasteiger partial charge < -0.3 is 4.57 Å². The van der Waals surface area contributed by atoms with Crippen LogP contribution in [0.3, 0.4) is 0 Å². The predicted molar refractivity (Wildman–Crippen MR) is 70.2 cm³/mol. The normalized spacial score (nSPS) is 19.1. The number of hydrogen-bond donors (Lipinski definition) is 0. The van der Waals surface area contributed by atoms with E-state index in [9.17, 15) is 0 Å². The molecule has 2 nitrogen and oxygen atoms in total. The fraction of sp³-hybridized carbons (Fsp3) is 0.357. The third-order valence-corrected chi connectivity index (χ3v) is 3.79. The molecule has 1 unspecified atom stereocenters. The van der Waals surface area contributed by atoms with E-state index in [-0.39, 0.29) is 0 Å². The lowest BCUT2D eigenvalue weighted by atomic mass is 9.98. The van der Waals surface area contributed by atoms with Gasteiger partial charge in [0.05, 0.1) is 5.02 Å². The maximum absolute atomic E-state index is 6.23. The first kappa shape index (κ1) is 10.8. The van der Waals surface area contributed by atoms with E-state index >= 15 is 0 Å². The van der Waals surface area contributed by atoms with Gasteiger partial charge in [0.15, 0.2) is 0 Å². The Hall–Kier alpha value is -1.28. The number of benzene rings is 1. The van der Waals surface area contributed by atoms with Crippen LogP contribution in [0.4, 0.5) is 0 Å². The second kappa shape index (κ2) is 4.19. The van der Waals surface area contributed by atoms with Crippen LogP contribution in [0.15, 0.2) is 30.5 Å². The minimum Gasteiger partial charge on any atom is -0.328 e. The topological polar surface area (TPSA) is 17.8 Å². The van der Waals surface area contributed by atoms with Gasteiger partial charge in [0.1, 0.15) is 5.82 Å². The molecule has 0 bridgehead atoms. The fourth-order valence-electron chi connectivity index (χ4n) is 2.49. The Balaban J connectivity index is 2.09. The van der Waals surface area contributed by atoms with E-state index in [1.807, 2.05) is 30.5 Å². The quantitative estimate of drug-likeness (QED) is 0.749. The summed E-state index contributed by atoms with van der Waals surface area (Å²) < 4.78 is 2.31. The van der Waals surface area contributed by atoms with E-state index in [1.165, 1.54) is 12.1 Å². The van der Waals surface area contributed by atoms with Crippen LogP contribution in [0, 0.1) is 5.92 Å². The van der Waals surface area contributed by atoms with Gasteiger partial charge in [-0.3, -0.25) is 0 Å². The molecule has 0 N–H and O–H groups in total. The number of fused-ring (bicyclic) bond motifs is 1. The Bertz CT molecular complexity index is 545. The maximum Gasteiger partial charge on any atom is 0.141 e. The second-order valence-corrected chi connectivity index (χ2v) is 5.21. The lowest BCUT2D eigenvalue weighted by Gasteiger charge is -2.22. The zero-order chi connectivity index (χ0) is 11.8. The lowest BCUT2D eigenvalue weighted by molar-refractivity contribution is 0.419. The highest BCUT2D eigenvalue weighted by Gasteiger charge is 2.20. The van der Waals surface area contributed by atoms with Crippen molar-refractivity contribution < 1.29 is 0 Å². The van der Waals surface area contributed by atoms with Crippen molar-refractivity contribution >= 4 is 11.6 Å². The summed E-state index contributed by atoms with van der Waals surface area (Å²) in [6, 6.07) is 7.92. The molecule has 3 rings (SSSR count). The molecule has 2 aromatic rings. The van der Waals surface area contributed by atoms with Crippen LogP contribution in [0.2, 0.25) is 5.02 Å². The summed E-state index contributed by atoms with van der Waals surface area (Å²) in [4.78, 5) is 4.54. The maximum atomic E-state index is 6.23. The summed E-state index contributed by atoms with van der Waals surface area (Å²) in [5.74, 6) is 1.77. The van der Waals surface area contributed by atoms with Crippen molar-refractivity contribution in [1.82, 2.24) is 9.55 Å². The van der Waals surface area contributed by atoms with Crippen LogP contribution in [0.25, 0.3) is 11.4 Å². The number of imidazole rings is 1. The fourth-order valence-corrected chi connectivity index (χ4v) is 2.71. The number of halogens is 1. The van der Waals surface area contributed by atoms with Crippen molar-refractivity contribution in [2.75, 3.05) is 0 Å². The lowest BCUT2D eigenvalue weighted by Crippen LogP contribution is -2.17. The molecule has 17 heavy (non-hydrogen) atoms. The molecule has 0 spiro atoms. The summed E-state index contributed by atoms with van der Waals surface area (Å²) in [5.41, 5.74) is 2.37. The minimum atomic E-state index is 0.762. The molecule has 2 heterocycles. The van der Waals surface area contributed by atoms with Gasteiger partial charge in [-0.05, 0) is 30.9 Å². The molecular weight excluding hydrogens is 232 g/mol. The van der Waals surface area contributed by atoms with Crippen LogP contribution in [0.1, 0.15) is 19.0 Å². The van der Waals surface area contributed by atoms with Crippen molar-refractivity contribution in [2.24, 2.45) is 5.92 Å². The molecule has 1 aliphatic rings. The number of aromatic nitrogens is 2. The van der Waals surface area contributed by atoms with E-state index < -0.39 is 0 Å². The average Bonchev–Trinajstić information content (AvgIpc) is 2.72. The Morgan fingerprint density at radius 3 is 3.00 bits per heavy atom. The van der Waals surface area contributed by atoms with Gasteiger partial charge in [-0.25, -0.2) is 4.98 Å². The Morgan fingerprint density at radius 2 is 2.18 bits per heavy atom. The van der Waals surface area contributed by atoms with Crippen LogP contribution >= 0.6 is 11.6 Å². The van der Waals surface area contributed by atoms with Gasteiger partial charge >= 0.3 is 0 Å². The van der Waals surface area contributed by atoms with E-state index in [1.54, 1.807) is 0 Å². The minimum absolute atomic E-state index is 0.762. The summed E-state index contributed by atoms with van der Waals surface area (Å²) in [6.07, 6.45) is 4.34. The Kier molecular flexibility index (Phi) is 2.67. The molecule has 1 aromatic heterocycles. The third kappa shape index (κ3) is 1.87. The van der Waals surface area contributed by atoms with Crippen LogP contribution in [0.5, 0.6) is 0 Å². The second-order valence-electron chi connectivity index (χ2n) is 4.80. The van der Waals surface area contributed by atoms with Crippen molar-refractivity contribution in [3.8, 4) is 11.4 Å². The highest BCUT2D eigenvalue weighted by molar-refractivity contribution is 6.33. The number of hydrogen-bond acceptors (Lipinski definition) is 1. The Labute approximate surface area is 106 Å². The SMILES string of the molecule is CC1CCn2c(cnc2-c2ccccc2Cl)C1. The van der Waals surface area contributed by atoms with Gasteiger partial charge in [-0.1, -0.05) is 30.7 Å². The molecular formula is C14H15ClN2. The Morgan fingerprint density at radius 1 is 1.35 bits per heavy atom. The zero-order valence-electron chi connectivity index (χ0n) is 9.86. The summed E-state index contributed by atoms with van der Waals surface area (Å²) in [7, 11) is 0. The van der Waals surface area contributed by atoms with Crippen LogP contribution in [-0.4, -0.2) is 9.55 Å². The monoisotopic (exact) mass is 246 g/mol. The van der Waals surface area contributed by atoms with E-state index in [4.69, 9.17) is 11.6 Å². The van der Waals surface area contributed by atoms with Crippen molar-refractivity contribution in [1.29, 1.82) is 0 Å². The van der Waals surface area contributed by atoms with Gasteiger partial charge in [0.25, 0.3) is 0 Å². The first-order valence-corrected chi connectivity index (χ1v) is 6.43. The molecule has 1 aliphatic heterocycles. The molecule has 1 atom stereocenters. The molecule has 0 amide bonds. The number of nitrogens with zero attached hydrogens (tertiary/aromatic N) is 2. The van der Waals surface area contributed by atoms with E-state index in [0.29, 0.717) is 0 Å². The van der Waals surface area contributed by atoms with E-state index in [2.05, 4.69) is 16.5 Å². The molecule has 1 aromatic carbocycles. The smallest absolute Gasteiger partial charge is 0.141 e. The van der Waals surface area contributed by atoms with Crippen LogP contribution in [-0.2, 0) is 13.0 Å². The van der Waals surface area contributed by atoms with Gasteiger partial charge in [-0.15, -0.1) is 0 Å².